The molecule has 2 aliphatic heterocycles. The lowest BCUT2D eigenvalue weighted by Gasteiger charge is -2.53. The molecule has 2 aliphatic rings. The Labute approximate surface area is 102 Å². The summed E-state index contributed by atoms with van der Waals surface area (Å²) in [6.07, 6.45) is -2.25. The van der Waals surface area contributed by atoms with Gasteiger partial charge in [-0.05, 0) is 13.8 Å². The molecule has 2 saturated heterocycles. The maximum absolute atomic E-state index is 9.93. The quantitative estimate of drug-likeness (QED) is 0.736. The van der Waals surface area contributed by atoms with Gasteiger partial charge in [-0.2, -0.15) is 0 Å². The van der Waals surface area contributed by atoms with Crippen LogP contribution in [0.5, 0.6) is 0 Å². The molecule has 0 radical (unpaired) electrons. The summed E-state index contributed by atoms with van der Waals surface area (Å²) in [6.45, 7) is 2.51. The molecule has 2 fully saturated rings. The van der Waals surface area contributed by atoms with Crippen molar-refractivity contribution in [2.24, 2.45) is 0 Å². The molecule has 0 aliphatic carbocycles. The van der Waals surface area contributed by atoms with Crippen LogP contribution in [0.1, 0.15) is 15.2 Å². The summed E-state index contributed by atoms with van der Waals surface area (Å²) in [4.78, 5) is 0. The number of methoxy groups -OCH3 is 2. The largest absolute Gasteiger partial charge is 0.388 e. The summed E-state index contributed by atoms with van der Waals surface area (Å²) < 4.78 is 34.9. The van der Waals surface area contributed by atoms with Crippen molar-refractivity contribution in [3.05, 3.63) is 0 Å². The molecule has 2 heterocycles. The number of aliphatic hydroxyl groups is 1. The zero-order valence-corrected chi connectivity index (χ0v) is 10.5. The Balaban J connectivity index is 2.25. The molecule has 0 spiro atoms. The highest BCUT2D eigenvalue weighted by atomic mass is 16.8. The summed E-state index contributed by atoms with van der Waals surface area (Å²) in [6, 6.07) is 0. The first-order valence-electron chi connectivity index (χ1n) is 6.12. The number of hydrogen-bond acceptors (Lipinski definition) is 6. The lowest BCUT2D eigenvalue weighted by Crippen LogP contribution is -2.69. The number of aliphatic hydroxyl groups excluding tert-OH is 1. The average Bonchev–Trinajstić information content (AvgIpc) is 2.37. The monoisotopic (exact) mass is 249 g/mol. The van der Waals surface area contributed by atoms with E-state index in [0.717, 1.165) is 0 Å². The molecule has 0 aromatic rings. The Morgan fingerprint density at radius 2 is 1.82 bits per heavy atom. The molecule has 6 nitrogen and oxygen atoms in total. The highest BCUT2D eigenvalue weighted by molar-refractivity contribution is 4.95. The van der Waals surface area contributed by atoms with Gasteiger partial charge in [0.15, 0.2) is 0 Å². The summed E-state index contributed by atoms with van der Waals surface area (Å²) in [5.41, 5.74) is 0. The number of fused-ring (bicyclic) bond motifs is 1. The van der Waals surface area contributed by atoms with E-state index in [2.05, 4.69) is 0 Å². The van der Waals surface area contributed by atoms with Crippen LogP contribution < -0.4 is 0 Å². The molecular weight excluding hydrogens is 228 g/mol. The van der Waals surface area contributed by atoms with Crippen molar-refractivity contribution in [3.63, 3.8) is 0 Å². The fraction of sp³-hybridized carbons (Fsp3) is 1.00. The van der Waals surface area contributed by atoms with E-state index >= 15 is 0 Å². The first kappa shape index (κ1) is 11.8. The minimum atomic E-state index is -1.17. The van der Waals surface area contributed by atoms with Gasteiger partial charge in [0.2, 0.25) is 11.6 Å². The standard InChI is InChI=1S/C11H20O6/c1-10(13-3)11(2,14-4)17-9-7(12)5-15-6-8(9)16-10/h7-9,12H,5-6H2,1-4H3/t7-,8+,9+,10-,11-/m0/s1/i5D/t5-,7+,8-,9-,10+,11+/m1. The Morgan fingerprint density at radius 1 is 1.24 bits per heavy atom. The highest BCUT2D eigenvalue weighted by Gasteiger charge is 2.58. The van der Waals surface area contributed by atoms with Crippen LogP contribution in [0.2, 0.25) is 0 Å². The normalized spacial score (nSPS) is 56.2. The summed E-state index contributed by atoms with van der Waals surface area (Å²) in [5.74, 6) is -2.28. The molecule has 0 amide bonds. The second-order valence-corrected chi connectivity index (χ2v) is 4.50. The van der Waals surface area contributed by atoms with Crippen molar-refractivity contribution in [1.82, 2.24) is 0 Å². The van der Waals surface area contributed by atoms with E-state index < -0.39 is 36.5 Å². The Kier molecular flexibility index (Phi) is 3.10. The predicted molar refractivity (Wildman–Crippen MR) is 57.4 cm³/mol. The maximum atomic E-state index is 9.93. The zero-order valence-electron chi connectivity index (χ0n) is 11.5. The molecule has 1 N–H and O–H groups in total. The molecule has 0 unspecified atom stereocenters. The van der Waals surface area contributed by atoms with Gasteiger partial charge in [0.05, 0.1) is 14.6 Å². The minimum absolute atomic E-state index is 0.175. The summed E-state index contributed by atoms with van der Waals surface area (Å²) in [5, 5.41) is 9.93. The van der Waals surface area contributed by atoms with Crippen LogP contribution in [0.15, 0.2) is 0 Å². The van der Waals surface area contributed by atoms with Crippen LogP contribution in [0, 0.1) is 0 Å². The minimum Gasteiger partial charge on any atom is -0.388 e. The Hall–Kier alpha value is -0.240. The van der Waals surface area contributed by atoms with Gasteiger partial charge in [0, 0.05) is 14.2 Å². The van der Waals surface area contributed by atoms with Gasteiger partial charge >= 0.3 is 0 Å². The van der Waals surface area contributed by atoms with Gasteiger partial charge in [-0.1, -0.05) is 0 Å². The van der Waals surface area contributed by atoms with Crippen LogP contribution in [-0.4, -0.2) is 62.4 Å². The van der Waals surface area contributed by atoms with Crippen LogP contribution in [-0.2, 0) is 23.7 Å². The molecule has 0 saturated carbocycles. The van der Waals surface area contributed by atoms with E-state index in [1.54, 1.807) is 13.8 Å². The van der Waals surface area contributed by atoms with Gasteiger partial charge in [0.1, 0.15) is 18.3 Å². The van der Waals surface area contributed by atoms with E-state index in [1.165, 1.54) is 14.2 Å². The van der Waals surface area contributed by atoms with E-state index in [-0.39, 0.29) is 6.61 Å². The Bertz CT molecular complexity index is 316. The lowest BCUT2D eigenvalue weighted by molar-refractivity contribution is -0.462. The van der Waals surface area contributed by atoms with Gasteiger partial charge < -0.3 is 28.8 Å². The average molecular weight is 249 g/mol. The van der Waals surface area contributed by atoms with Crippen molar-refractivity contribution < 1.29 is 30.2 Å². The molecule has 6 atom stereocenters. The topological polar surface area (TPSA) is 66.4 Å². The van der Waals surface area contributed by atoms with Crippen molar-refractivity contribution in [2.45, 2.75) is 43.7 Å². The Morgan fingerprint density at radius 3 is 2.41 bits per heavy atom. The molecule has 0 bridgehead atoms. The van der Waals surface area contributed by atoms with Crippen LogP contribution >= 0.6 is 0 Å². The van der Waals surface area contributed by atoms with Gasteiger partial charge in [0.25, 0.3) is 0 Å². The molecule has 0 aromatic carbocycles. The fourth-order valence-corrected chi connectivity index (χ4v) is 2.12. The summed E-state index contributed by atoms with van der Waals surface area (Å²) >= 11 is 0. The lowest BCUT2D eigenvalue weighted by atomic mass is 9.99. The predicted octanol–water partition coefficient (Wildman–Crippen LogP) is -0.113. The SMILES string of the molecule is [2H][C@H]1OC[C@H]2O[C@](C)(OC)[C@@](C)(OC)O[C@@H]2[C@H]1O. The highest BCUT2D eigenvalue weighted by Crippen LogP contribution is 2.40. The van der Waals surface area contributed by atoms with Crippen molar-refractivity contribution in [1.29, 1.82) is 0 Å². The molecule has 0 aromatic heterocycles. The summed E-state index contributed by atoms with van der Waals surface area (Å²) in [7, 11) is 2.97. The van der Waals surface area contributed by atoms with E-state index in [9.17, 15) is 5.11 Å². The van der Waals surface area contributed by atoms with Crippen molar-refractivity contribution >= 4 is 0 Å². The van der Waals surface area contributed by atoms with Crippen LogP contribution in [0.25, 0.3) is 0 Å². The number of rotatable bonds is 2. The molecular formula is C11H20O6. The van der Waals surface area contributed by atoms with Gasteiger partial charge in [-0.15, -0.1) is 0 Å². The third-order valence-electron chi connectivity index (χ3n) is 3.54. The molecule has 100 valence electrons. The molecule has 2 rings (SSSR count). The van der Waals surface area contributed by atoms with Crippen LogP contribution in [0.3, 0.4) is 0 Å². The fourth-order valence-electron chi connectivity index (χ4n) is 2.12. The first-order chi connectivity index (χ1) is 8.37. The van der Waals surface area contributed by atoms with Crippen LogP contribution in [0.4, 0.5) is 0 Å². The van der Waals surface area contributed by atoms with Crippen molar-refractivity contribution in [2.75, 3.05) is 27.4 Å². The second-order valence-electron chi connectivity index (χ2n) is 4.50. The second kappa shape index (κ2) is 4.46. The maximum Gasteiger partial charge on any atom is 0.220 e. The number of hydrogen-bond donors (Lipinski definition) is 1. The zero-order chi connectivity index (χ0) is 13.6. The number of ether oxygens (including phenoxy) is 5. The van der Waals surface area contributed by atoms with E-state index in [1.807, 2.05) is 0 Å². The third kappa shape index (κ3) is 1.99. The van der Waals surface area contributed by atoms with E-state index in [0.29, 0.717) is 0 Å². The third-order valence-corrected chi connectivity index (χ3v) is 3.54. The first-order valence-corrected chi connectivity index (χ1v) is 5.55. The van der Waals surface area contributed by atoms with E-state index in [4.69, 9.17) is 25.1 Å². The molecule has 17 heavy (non-hydrogen) atoms. The smallest absolute Gasteiger partial charge is 0.220 e. The molecule has 6 heteroatoms. The van der Waals surface area contributed by atoms with Gasteiger partial charge in [-0.3, -0.25) is 0 Å². The van der Waals surface area contributed by atoms with Gasteiger partial charge in [-0.25, -0.2) is 0 Å². The van der Waals surface area contributed by atoms with Crippen molar-refractivity contribution in [3.8, 4) is 0 Å².